The van der Waals surface area contributed by atoms with Crippen molar-refractivity contribution in [2.75, 3.05) is 36.4 Å². The fraction of sp³-hybridized carbons (Fsp3) is 0.391. The maximum absolute atomic E-state index is 12.7. The van der Waals surface area contributed by atoms with Gasteiger partial charge in [-0.25, -0.2) is 8.42 Å². The minimum atomic E-state index is -3.51. The molecule has 1 fully saturated rings. The van der Waals surface area contributed by atoms with Gasteiger partial charge in [0.1, 0.15) is 6.29 Å². The average molecular weight is 444 g/mol. The number of amides is 1. The van der Waals surface area contributed by atoms with Crippen molar-refractivity contribution in [3.8, 4) is 0 Å². The highest BCUT2D eigenvalue weighted by atomic mass is 32.2. The van der Waals surface area contributed by atoms with E-state index in [2.05, 4.69) is 10.2 Å². The van der Waals surface area contributed by atoms with Crippen LogP contribution in [0.5, 0.6) is 0 Å². The van der Waals surface area contributed by atoms with Crippen molar-refractivity contribution in [3.05, 3.63) is 54.1 Å². The van der Waals surface area contributed by atoms with Gasteiger partial charge in [0.25, 0.3) is 0 Å². The molecular weight excluding hydrogens is 414 g/mol. The summed E-state index contributed by atoms with van der Waals surface area (Å²) in [5, 5.41) is 2.91. The van der Waals surface area contributed by atoms with Gasteiger partial charge >= 0.3 is 0 Å². The van der Waals surface area contributed by atoms with Gasteiger partial charge in [0.2, 0.25) is 15.9 Å². The number of piperidine rings is 1. The molecule has 0 atom stereocenters. The first-order chi connectivity index (χ1) is 14.9. The second-order valence-corrected chi connectivity index (χ2v) is 9.51. The van der Waals surface area contributed by atoms with Crippen molar-refractivity contribution < 1.29 is 18.0 Å². The Balaban J connectivity index is 1.56. The van der Waals surface area contributed by atoms with Crippen molar-refractivity contribution in [3.63, 3.8) is 0 Å². The Morgan fingerprint density at radius 3 is 2.13 bits per heavy atom. The van der Waals surface area contributed by atoms with Gasteiger partial charge in [0.15, 0.2) is 0 Å². The molecule has 0 aromatic heterocycles. The number of aldehydes is 1. The number of carbonyl (C=O) groups is 2. The lowest BCUT2D eigenvalue weighted by Gasteiger charge is -2.33. The summed E-state index contributed by atoms with van der Waals surface area (Å²) in [6.07, 6.45) is 2.29. The van der Waals surface area contributed by atoms with Crippen LogP contribution in [0, 0.1) is 5.92 Å². The maximum Gasteiger partial charge on any atom is 0.243 e. The number of nitrogens with zero attached hydrogens (tertiary/aromatic N) is 2. The summed E-state index contributed by atoms with van der Waals surface area (Å²) >= 11 is 0. The number of anilines is 2. The van der Waals surface area contributed by atoms with Crippen LogP contribution in [0.15, 0.2) is 53.4 Å². The van der Waals surface area contributed by atoms with Crippen molar-refractivity contribution in [2.45, 2.75) is 31.6 Å². The van der Waals surface area contributed by atoms with E-state index < -0.39 is 10.0 Å². The molecule has 8 heteroatoms. The second kappa shape index (κ2) is 10.1. The molecule has 1 saturated heterocycles. The average Bonchev–Trinajstić information content (AvgIpc) is 2.80. The number of benzene rings is 2. The van der Waals surface area contributed by atoms with Crippen LogP contribution in [0.25, 0.3) is 0 Å². The number of nitrogens with one attached hydrogen (secondary N) is 1. The molecule has 166 valence electrons. The first-order valence-electron chi connectivity index (χ1n) is 10.6. The molecule has 0 spiro atoms. The lowest BCUT2D eigenvalue weighted by Crippen LogP contribution is -2.38. The van der Waals surface area contributed by atoms with Crippen LogP contribution >= 0.6 is 0 Å². The van der Waals surface area contributed by atoms with Crippen molar-refractivity contribution in [2.24, 2.45) is 5.92 Å². The van der Waals surface area contributed by atoms with E-state index in [1.54, 1.807) is 38.1 Å². The van der Waals surface area contributed by atoms with E-state index in [-0.39, 0.29) is 16.7 Å². The molecule has 2 aromatic carbocycles. The molecule has 31 heavy (non-hydrogen) atoms. The van der Waals surface area contributed by atoms with Gasteiger partial charge in [-0.1, -0.05) is 13.8 Å². The Morgan fingerprint density at radius 1 is 1.03 bits per heavy atom. The van der Waals surface area contributed by atoms with Crippen LogP contribution in [0.4, 0.5) is 11.4 Å². The number of hydrogen-bond acceptors (Lipinski definition) is 5. The Hall–Kier alpha value is -2.71. The number of carbonyl (C=O) groups excluding carboxylic acids is 2. The van der Waals surface area contributed by atoms with E-state index in [9.17, 15) is 18.0 Å². The topological polar surface area (TPSA) is 86.8 Å². The Labute approximate surface area is 184 Å². The quantitative estimate of drug-likeness (QED) is 0.632. The first kappa shape index (κ1) is 23.0. The van der Waals surface area contributed by atoms with Gasteiger partial charge in [-0.15, -0.1) is 0 Å². The molecular formula is C23H29N3O4S. The zero-order valence-corrected chi connectivity index (χ0v) is 18.8. The van der Waals surface area contributed by atoms with Gasteiger partial charge < -0.3 is 10.2 Å². The van der Waals surface area contributed by atoms with Crippen LogP contribution < -0.4 is 10.2 Å². The minimum Gasteiger partial charge on any atom is -0.371 e. The predicted molar refractivity (Wildman–Crippen MR) is 122 cm³/mol. The molecule has 2 aromatic rings. The molecule has 0 bridgehead atoms. The van der Waals surface area contributed by atoms with Gasteiger partial charge in [0, 0.05) is 49.0 Å². The predicted octanol–water partition coefficient (Wildman–Crippen LogP) is 3.38. The van der Waals surface area contributed by atoms with Crippen LogP contribution in [0.3, 0.4) is 0 Å². The largest absolute Gasteiger partial charge is 0.371 e. The van der Waals surface area contributed by atoms with Gasteiger partial charge in [-0.3, -0.25) is 9.59 Å². The third-order valence-corrected chi connectivity index (χ3v) is 7.79. The van der Waals surface area contributed by atoms with Gasteiger partial charge in [-0.2, -0.15) is 4.31 Å². The molecule has 0 radical (unpaired) electrons. The monoisotopic (exact) mass is 443 g/mol. The van der Waals surface area contributed by atoms with Crippen LogP contribution in [0.1, 0.15) is 37.0 Å². The summed E-state index contributed by atoms with van der Waals surface area (Å²) in [4.78, 5) is 25.9. The molecule has 1 N–H and O–H groups in total. The number of hydrogen-bond donors (Lipinski definition) is 1. The molecule has 3 rings (SSSR count). The summed E-state index contributed by atoms with van der Waals surface area (Å²) in [7, 11) is -3.51. The summed E-state index contributed by atoms with van der Waals surface area (Å²) < 4.78 is 26.6. The Kier molecular flexibility index (Phi) is 7.46. The van der Waals surface area contributed by atoms with E-state index in [0.717, 1.165) is 37.9 Å². The zero-order valence-electron chi connectivity index (χ0n) is 18.0. The molecule has 1 heterocycles. The lowest BCUT2D eigenvalue weighted by molar-refractivity contribution is -0.120. The summed E-state index contributed by atoms with van der Waals surface area (Å²) in [5.74, 6) is -0.139. The highest BCUT2D eigenvalue weighted by Gasteiger charge is 2.26. The van der Waals surface area contributed by atoms with Gasteiger partial charge in [-0.05, 0) is 61.4 Å². The number of sulfonamides is 1. The molecule has 1 amide bonds. The highest BCUT2D eigenvalue weighted by Crippen LogP contribution is 2.25. The van der Waals surface area contributed by atoms with Crippen molar-refractivity contribution in [1.82, 2.24) is 4.31 Å². The fourth-order valence-electron chi connectivity index (χ4n) is 3.83. The van der Waals surface area contributed by atoms with E-state index in [0.29, 0.717) is 24.3 Å². The standard InChI is InChI=1S/C23H29N3O4S/c1-3-26(4-2)31(29,30)22-11-7-20(8-12-22)24-23(28)19-13-15-25(16-14-19)21-9-5-18(17-27)6-10-21/h5-12,17,19H,3-4,13-16H2,1-2H3,(H,24,28). The third-order valence-electron chi connectivity index (χ3n) is 5.73. The molecule has 0 saturated carbocycles. The Morgan fingerprint density at radius 2 is 1.61 bits per heavy atom. The summed E-state index contributed by atoms with van der Waals surface area (Å²) in [5.41, 5.74) is 2.29. The molecule has 1 aliphatic heterocycles. The zero-order chi connectivity index (χ0) is 22.4. The molecule has 7 nitrogen and oxygen atoms in total. The van der Waals surface area contributed by atoms with E-state index in [1.807, 2.05) is 12.1 Å². The summed E-state index contributed by atoms with van der Waals surface area (Å²) in [6, 6.07) is 13.8. The van der Waals surface area contributed by atoms with Crippen LogP contribution in [0.2, 0.25) is 0 Å². The molecule has 0 unspecified atom stereocenters. The normalized spacial score (nSPS) is 15.1. The van der Waals surface area contributed by atoms with Crippen molar-refractivity contribution >= 4 is 33.6 Å². The SMILES string of the molecule is CCN(CC)S(=O)(=O)c1ccc(NC(=O)C2CCN(c3ccc(C=O)cc3)CC2)cc1. The van der Waals surface area contributed by atoms with Crippen LogP contribution in [-0.4, -0.2) is 51.1 Å². The molecule has 0 aliphatic carbocycles. The van der Waals surface area contributed by atoms with E-state index in [4.69, 9.17) is 0 Å². The lowest BCUT2D eigenvalue weighted by atomic mass is 9.95. The third kappa shape index (κ3) is 5.32. The maximum atomic E-state index is 12.7. The van der Waals surface area contributed by atoms with Crippen molar-refractivity contribution in [1.29, 1.82) is 0 Å². The van der Waals surface area contributed by atoms with E-state index in [1.165, 1.54) is 16.4 Å². The van der Waals surface area contributed by atoms with Gasteiger partial charge in [0.05, 0.1) is 4.90 Å². The Bertz CT molecular complexity index is 992. The first-order valence-corrected chi connectivity index (χ1v) is 12.0. The minimum absolute atomic E-state index is 0.0460. The van der Waals surface area contributed by atoms with Crippen LogP contribution in [-0.2, 0) is 14.8 Å². The summed E-state index contributed by atoms with van der Waals surface area (Å²) in [6.45, 7) is 5.97. The number of rotatable bonds is 8. The fourth-order valence-corrected chi connectivity index (χ4v) is 5.29. The molecule has 1 aliphatic rings. The second-order valence-electron chi connectivity index (χ2n) is 7.57. The smallest absolute Gasteiger partial charge is 0.243 e. The highest BCUT2D eigenvalue weighted by molar-refractivity contribution is 7.89. The van der Waals surface area contributed by atoms with E-state index >= 15 is 0 Å².